The Hall–Kier alpha value is -1.35. The van der Waals surface area contributed by atoms with Crippen LogP contribution >= 0.6 is 0 Å². The Labute approximate surface area is 70.8 Å². The van der Waals surface area contributed by atoms with Gasteiger partial charge in [0.1, 0.15) is 0 Å². The molecule has 64 valence electrons. The van der Waals surface area contributed by atoms with E-state index in [9.17, 15) is 4.79 Å². The maximum atomic E-state index is 10.6. The minimum atomic E-state index is -0.900. The monoisotopic (exact) mass is 165 g/mol. The molecule has 0 heterocycles. The fraction of sp³-hybridized carbons (Fsp3) is 0.222. The topological polar surface area (TPSA) is 63.3 Å². The van der Waals surface area contributed by atoms with Crippen molar-refractivity contribution in [3.63, 3.8) is 0 Å². The number of benzene rings is 1. The zero-order chi connectivity index (χ0) is 9.14. The molecular weight excluding hydrogens is 154 g/mol. The summed E-state index contributed by atoms with van der Waals surface area (Å²) in [5, 5.41) is 8.74. The summed E-state index contributed by atoms with van der Waals surface area (Å²) in [6.07, 6.45) is 0. The Morgan fingerprint density at radius 3 is 2.75 bits per heavy atom. The molecule has 1 rings (SSSR count). The van der Waals surface area contributed by atoms with Crippen LogP contribution in [0.5, 0.6) is 0 Å². The van der Waals surface area contributed by atoms with Crippen molar-refractivity contribution in [1.29, 1.82) is 0 Å². The molecule has 3 nitrogen and oxygen atoms in total. The van der Waals surface area contributed by atoms with Crippen molar-refractivity contribution >= 4 is 5.97 Å². The first-order valence-corrected chi connectivity index (χ1v) is 3.68. The summed E-state index contributed by atoms with van der Waals surface area (Å²) < 4.78 is 0. The van der Waals surface area contributed by atoms with Crippen LogP contribution in [0.15, 0.2) is 18.2 Å². The molecule has 0 spiro atoms. The van der Waals surface area contributed by atoms with Gasteiger partial charge in [0.2, 0.25) is 0 Å². The van der Waals surface area contributed by atoms with Crippen LogP contribution in [-0.2, 0) is 6.54 Å². The summed E-state index contributed by atoms with van der Waals surface area (Å²) in [7, 11) is 0. The zero-order valence-electron chi connectivity index (χ0n) is 6.87. The molecule has 0 radical (unpaired) electrons. The molecule has 3 heteroatoms. The number of carboxylic acid groups (broad SMARTS) is 1. The Bertz CT molecular complexity index is 307. The summed E-state index contributed by atoms with van der Waals surface area (Å²) in [5.41, 5.74) is 7.32. The predicted molar refractivity (Wildman–Crippen MR) is 46.0 cm³/mol. The number of hydrogen-bond acceptors (Lipinski definition) is 2. The van der Waals surface area contributed by atoms with E-state index in [1.807, 2.05) is 6.07 Å². The smallest absolute Gasteiger partial charge is 0.335 e. The molecule has 1 aromatic rings. The molecule has 0 aromatic heterocycles. The highest BCUT2D eigenvalue weighted by molar-refractivity contribution is 5.89. The molecule has 0 atom stereocenters. The Kier molecular flexibility index (Phi) is 2.45. The third-order valence-corrected chi connectivity index (χ3v) is 1.77. The second-order valence-electron chi connectivity index (χ2n) is 2.66. The van der Waals surface area contributed by atoms with Gasteiger partial charge in [0, 0.05) is 6.54 Å². The Balaban J connectivity index is 3.17. The van der Waals surface area contributed by atoms with E-state index in [2.05, 4.69) is 0 Å². The molecular formula is C9H11NO2. The summed E-state index contributed by atoms with van der Waals surface area (Å²) in [6, 6.07) is 5.21. The van der Waals surface area contributed by atoms with Crippen molar-refractivity contribution in [1.82, 2.24) is 0 Å². The molecule has 1 aromatic carbocycles. The summed E-state index contributed by atoms with van der Waals surface area (Å²) in [5.74, 6) is -0.900. The summed E-state index contributed by atoms with van der Waals surface area (Å²) in [4.78, 5) is 10.6. The molecule has 0 aliphatic rings. The number of nitrogens with two attached hydrogens (primary N) is 1. The number of hydrogen-bond donors (Lipinski definition) is 2. The van der Waals surface area contributed by atoms with Crippen LogP contribution in [0.4, 0.5) is 0 Å². The average Bonchev–Trinajstić information content (AvgIpc) is 2.05. The average molecular weight is 165 g/mol. The number of carboxylic acids is 1. The normalized spacial score (nSPS) is 9.83. The van der Waals surface area contributed by atoms with Gasteiger partial charge < -0.3 is 10.8 Å². The van der Waals surface area contributed by atoms with Gasteiger partial charge in [0.05, 0.1) is 5.56 Å². The fourth-order valence-electron chi connectivity index (χ4n) is 1.03. The number of rotatable bonds is 2. The van der Waals surface area contributed by atoms with Gasteiger partial charge in [0.25, 0.3) is 0 Å². The van der Waals surface area contributed by atoms with Crippen molar-refractivity contribution < 1.29 is 9.90 Å². The highest BCUT2D eigenvalue weighted by atomic mass is 16.4. The molecule has 3 N–H and O–H groups in total. The Morgan fingerprint density at radius 1 is 1.58 bits per heavy atom. The maximum absolute atomic E-state index is 10.6. The first kappa shape index (κ1) is 8.74. The SMILES string of the molecule is Cc1ccc(CN)cc1C(=O)O. The zero-order valence-corrected chi connectivity index (χ0v) is 6.87. The second kappa shape index (κ2) is 3.36. The lowest BCUT2D eigenvalue weighted by Crippen LogP contribution is -2.03. The number of aromatic carboxylic acids is 1. The van der Waals surface area contributed by atoms with Crippen LogP contribution in [0.1, 0.15) is 21.5 Å². The van der Waals surface area contributed by atoms with E-state index in [-0.39, 0.29) is 0 Å². The summed E-state index contributed by atoms with van der Waals surface area (Å²) >= 11 is 0. The standard InChI is InChI=1S/C9H11NO2/c1-6-2-3-7(5-10)4-8(6)9(11)12/h2-4H,5,10H2,1H3,(H,11,12). The second-order valence-corrected chi connectivity index (χ2v) is 2.66. The highest BCUT2D eigenvalue weighted by Gasteiger charge is 2.06. The van der Waals surface area contributed by atoms with Crippen molar-refractivity contribution in [2.24, 2.45) is 5.73 Å². The quantitative estimate of drug-likeness (QED) is 0.691. The van der Waals surface area contributed by atoms with E-state index in [0.717, 1.165) is 11.1 Å². The van der Waals surface area contributed by atoms with Crippen LogP contribution in [-0.4, -0.2) is 11.1 Å². The molecule has 0 aliphatic heterocycles. The van der Waals surface area contributed by atoms with Gasteiger partial charge in [-0.25, -0.2) is 4.79 Å². The van der Waals surface area contributed by atoms with Gasteiger partial charge in [-0.05, 0) is 24.1 Å². The Morgan fingerprint density at radius 2 is 2.25 bits per heavy atom. The van der Waals surface area contributed by atoms with Crippen molar-refractivity contribution in [3.8, 4) is 0 Å². The molecule has 0 bridgehead atoms. The van der Waals surface area contributed by atoms with Crippen molar-refractivity contribution in [2.45, 2.75) is 13.5 Å². The molecule has 0 unspecified atom stereocenters. The lowest BCUT2D eigenvalue weighted by atomic mass is 10.1. The van der Waals surface area contributed by atoms with Gasteiger partial charge in [-0.1, -0.05) is 12.1 Å². The van der Waals surface area contributed by atoms with Crippen LogP contribution in [0.3, 0.4) is 0 Å². The van der Waals surface area contributed by atoms with E-state index >= 15 is 0 Å². The minimum absolute atomic E-state index is 0.331. The lowest BCUT2D eigenvalue weighted by Gasteiger charge is -2.02. The van der Waals surface area contributed by atoms with Crippen LogP contribution in [0, 0.1) is 6.92 Å². The summed E-state index contributed by atoms with van der Waals surface area (Å²) in [6.45, 7) is 2.14. The fourth-order valence-corrected chi connectivity index (χ4v) is 1.03. The molecule has 0 fully saturated rings. The van der Waals surface area contributed by atoms with Crippen LogP contribution in [0.2, 0.25) is 0 Å². The third-order valence-electron chi connectivity index (χ3n) is 1.77. The molecule has 0 saturated carbocycles. The first-order chi connectivity index (χ1) is 5.65. The molecule has 0 saturated heterocycles. The van der Waals surface area contributed by atoms with Crippen LogP contribution in [0.25, 0.3) is 0 Å². The van der Waals surface area contributed by atoms with E-state index in [1.54, 1.807) is 19.1 Å². The first-order valence-electron chi connectivity index (χ1n) is 3.68. The largest absolute Gasteiger partial charge is 0.478 e. The van der Waals surface area contributed by atoms with E-state index < -0.39 is 5.97 Å². The molecule has 0 amide bonds. The van der Waals surface area contributed by atoms with E-state index in [0.29, 0.717) is 12.1 Å². The third kappa shape index (κ3) is 1.62. The number of carbonyl (C=O) groups is 1. The van der Waals surface area contributed by atoms with E-state index in [1.165, 1.54) is 0 Å². The highest BCUT2D eigenvalue weighted by Crippen LogP contribution is 2.10. The van der Waals surface area contributed by atoms with Crippen molar-refractivity contribution in [3.05, 3.63) is 34.9 Å². The van der Waals surface area contributed by atoms with Gasteiger partial charge >= 0.3 is 5.97 Å². The number of aryl methyl sites for hydroxylation is 1. The maximum Gasteiger partial charge on any atom is 0.335 e. The van der Waals surface area contributed by atoms with Gasteiger partial charge in [-0.2, -0.15) is 0 Å². The molecule has 12 heavy (non-hydrogen) atoms. The molecule has 0 aliphatic carbocycles. The van der Waals surface area contributed by atoms with Gasteiger partial charge in [-0.3, -0.25) is 0 Å². The van der Waals surface area contributed by atoms with Gasteiger partial charge in [-0.15, -0.1) is 0 Å². The van der Waals surface area contributed by atoms with E-state index in [4.69, 9.17) is 10.8 Å². The van der Waals surface area contributed by atoms with Crippen molar-refractivity contribution in [2.75, 3.05) is 0 Å². The predicted octanol–water partition coefficient (Wildman–Crippen LogP) is 1.15. The minimum Gasteiger partial charge on any atom is -0.478 e. The van der Waals surface area contributed by atoms with Gasteiger partial charge in [0.15, 0.2) is 0 Å². The van der Waals surface area contributed by atoms with Crippen LogP contribution < -0.4 is 5.73 Å². The lowest BCUT2D eigenvalue weighted by molar-refractivity contribution is 0.0696.